The van der Waals surface area contributed by atoms with Crippen molar-refractivity contribution in [3.05, 3.63) is 28.2 Å². The summed E-state index contributed by atoms with van der Waals surface area (Å²) in [4.78, 5) is 0. The van der Waals surface area contributed by atoms with E-state index in [2.05, 4.69) is 21.1 Å². The lowest BCUT2D eigenvalue weighted by Crippen LogP contribution is -1.82. The van der Waals surface area contributed by atoms with Gasteiger partial charge in [0, 0.05) is 5.56 Å². The first kappa shape index (κ1) is 8.07. The number of hydrogen-bond donors (Lipinski definition) is 2. The lowest BCUT2D eigenvalue weighted by Gasteiger charge is -1.98. The van der Waals surface area contributed by atoms with E-state index in [4.69, 9.17) is 10.3 Å². The van der Waals surface area contributed by atoms with Crippen molar-refractivity contribution in [1.29, 1.82) is 0 Å². The molecule has 0 aromatic heterocycles. The molecule has 0 bridgehead atoms. The van der Waals surface area contributed by atoms with Gasteiger partial charge in [0.25, 0.3) is 0 Å². The van der Waals surface area contributed by atoms with E-state index in [1.807, 2.05) is 0 Å². The van der Waals surface area contributed by atoms with Gasteiger partial charge < -0.3 is 10.3 Å². The molecule has 0 spiro atoms. The highest BCUT2D eigenvalue weighted by Crippen LogP contribution is 2.25. The smallest absolute Gasteiger partial charge is 0.130 e. The number of benzene rings is 1. The van der Waals surface area contributed by atoms with Gasteiger partial charge in [0.15, 0.2) is 0 Å². The second-order valence-electron chi connectivity index (χ2n) is 1.92. The molecule has 3 nitrogen and oxygen atoms in total. The van der Waals surface area contributed by atoms with E-state index in [-0.39, 0.29) is 5.75 Å². The molecule has 0 fully saturated rings. The number of halogens is 1. The third kappa shape index (κ3) is 1.71. The fourth-order valence-corrected chi connectivity index (χ4v) is 1.07. The molecule has 0 aliphatic heterocycles. The molecule has 58 valence electrons. The molecular weight excluding hydrogens is 210 g/mol. The largest absolute Gasteiger partial charge is 0.507 e. The Kier molecular flexibility index (Phi) is 2.48. The Balaban J connectivity index is 3.16. The van der Waals surface area contributed by atoms with Crippen LogP contribution in [0.15, 0.2) is 27.8 Å². The summed E-state index contributed by atoms with van der Waals surface area (Å²) in [6.45, 7) is 0. The van der Waals surface area contributed by atoms with E-state index in [9.17, 15) is 0 Å². The number of oxime groups is 1. The van der Waals surface area contributed by atoms with Crippen LogP contribution in [0.5, 0.6) is 5.75 Å². The molecule has 0 atom stereocenters. The molecule has 0 saturated carbocycles. The monoisotopic (exact) mass is 215 g/mol. The van der Waals surface area contributed by atoms with Gasteiger partial charge in [0.2, 0.25) is 0 Å². The van der Waals surface area contributed by atoms with Crippen molar-refractivity contribution in [3.8, 4) is 5.75 Å². The topological polar surface area (TPSA) is 52.8 Å². The van der Waals surface area contributed by atoms with Crippen molar-refractivity contribution in [1.82, 2.24) is 0 Å². The van der Waals surface area contributed by atoms with E-state index in [0.29, 0.717) is 10.0 Å². The Morgan fingerprint density at radius 1 is 1.45 bits per heavy atom. The average Bonchev–Trinajstić information content (AvgIpc) is 1.99. The molecule has 1 aromatic carbocycles. The summed E-state index contributed by atoms with van der Waals surface area (Å²) in [5.41, 5.74) is 0.632. The van der Waals surface area contributed by atoms with E-state index in [1.165, 1.54) is 6.21 Å². The zero-order chi connectivity index (χ0) is 8.27. The lowest BCUT2D eigenvalue weighted by molar-refractivity contribution is 0.322. The van der Waals surface area contributed by atoms with Crippen LogP contribution in [0.2, 0.25) is 0 Å². The fraction of sp³-hybridized carbons (Fsp3) is 0. The number of hydrogen-bond acceptors (Lipinski definition) is 3. The molecular formula is C7H6BrNO2. The van der Waals surface area contributed by atoms with E-state index in [0.717, 1.165) is 0 Å². The first-order chi connectivity index (χ1) is 5.25. The summed E-state index contributed by atoms with van der Waals surface area (Å²) in [5, 5.41) is 20.2. The standard InChI is InChI=1S/C7H6BrNO2/c8-7-5(4-9-11)2-1-3-6(7)10/h1-4,10-11H/b9-4+. The molecule has 0 saturated heterocycles. The summed E-state index contributed by atoms with van der Waals surface area (Å²) in [6.07, 6.45) is 1.24. The first-order valence-corrected chi connectivity index (χ1v) is 3.70. The van der Waals surface area contributed by atoms with Gasteiger partial charge in [-0.15, -0.1) is 0 Å². The van der Waals surface area contributed by atoms with Crippen molar-refractivity contribution in [3.63, 3.8) is 0 Å². The van der Waals surface area contributed by atoms with Gasteiger partial charge in [-0.25, -0.2) is 0 Å². The van der Waals surface area contributed by atoms with Gasteiger partial charge in [-0.3, -0.25) is 0 Å². The molecule has 0 radical (unpaired) electrons. The predicted molar refractivity (Wildman–Crippen MR) is 45.2 cm³/mol. The molecule has 1 rings (SSSR count). The number of nitrogens with zero attached hydrogens (tertiary/aromatic N) is 1. The van der Waals surface area contributed by atoms with E-state index >= 15 is 0 Å². The second kappa shape index (κ2) is 3.39. The quantitative estimate of drug-likeness (QED) is 0.428. The maximum absolute atomic E-state index is 9.14. The van der Waals surface area contributed by atoms with Gasteiger partial charge >= 0.3 is 0 Å². The Hall–Kier alpha value is -1.03. The third-order valence-electron chi connectivity index (χ3n) is 1.21. The Labute approximate surface area is 72.1 Å². The van der Waals surface area contributed by atoms with Crippen LogP contribution in [-0.4, -0.2) is 16.5 Å². The second-order valence-corrected chi connectivity index (χ2v) is 2.72. The van der Waals surface area contributed by atoms with Crippen LogP contribution in [-0.2, 0) is 0 Å². The van der Waals surface area contributed by atoms with Crippen LogP contribution in [0.25, 0.3) is 0 Å². The predicted octanol–water partition coefficient (Wildman–Crippen LogP) is 1.96. The van der Waals surface area contributed by atoms with Gasteiger partial charge in [-0.1, -0.05) is 17.3 Å². The summed E-state index contributed by atoms with van der Waals surface area (Å²) < 4.78 is 0.526. The minimum Gasteiger partial charge on any atom is -0.507 e. The number of aromatic hydroxyl groups is 1. The molecule has 2 N–H and O–H groups in total. The van der Waals surface area contributed by atoms with E-state index in [1.54, 1.807) is 18.2 Å². The molecule has 1 aromatic rings. The minimum absolute atomic E-state index is 0.127. The van der Waals surface area contributed by atoms with Crippen LogP contribution in [0.1, 0.15) is 5.56 Å². The van der Waals surface area contributed by atoms with Crippen LogP contribution in [0.3, 0.4) is 0 Å². The Morgan fingerprint density at radius 3 is 2.82 bits per heavy atom. The lowest BCUT2D eigenvalue weighted by atomic mass is 10.2. The first-order valence-electron chi connectivity index (χ1n) is 2.90. The molecule has 0 aliphatic carbocycles. The van der Waals surface area contributed by atoms with Crippen LogP contribution in [0.4, 0.5) is 0 Å². The number of phenolic OH excluding ortho intramolecular Hbond substituents is 1. The Morgan fingerprint density at radius 2 is 2.18 bits per heavy atom. The molecule has 4 heteroatoms. The maximum Gasteiger partial charge on any atom is 0.130 e. The molecule has 0 aliphatic rings. The highest BCUT2D eigenvalue weighted by Gasteiger charge is 2.00. The van der Waals surface area contributed by atoms with Crippen molar-refractivity contribution in [2.45, 2.75) is 0 Å². The zero-order valence-corrected chi connectivity index (χ0v) is 7.12. The summed E-state index contributed by atoms with van der Waals surface area (Å²) >= 11 is 3.13. The number of rotatable bonds is 1. The van der Waals surface area contributed by atoms with Crippen molar-refractivity contribution >= 4 is 22.1 Å². The number of phenols is 1. The normalized spacial score (nSPS) is 10.6. The SMILES string of the molecule is O/N=C/c1cccc(O)c1Br. The van der Waals surface area contributed by atoms with Crippen molar-refractivity contribution in [2.24, 2.45) is 5.16 Å². The van der Waals surface area contributed by atoms with E-state index < -0.39 is 0 Å². The maximum atomic E-state index is 9.14. The van der Waals surface area contributed by atoms with Crippen LogP contribution in [0, 0.1) is 0 Å². The zero-order valence-electron chi connectivity index (χ0n) is 5.53. The van der Waals surface area contributed by atoms with Gasteiger partial charge in [-0.2, -0.15) is 0 Å². The van der Waals surface area contributed by atoms with Crippen LogP contribution < -0.4 is 0 Å². The highest BCUT2D eigenvalue weighted by molar-refractivity contribution is 9.10. The fourth-order valence-electron chi connectivity index (χ4n) is 0.699. The van der Waals surface area contributed by atoms with Crippen molar-refractivity contribution in [2.75, 3.05) is 0 Å². The summed E-state index contributed by atoms with van der Waals surface area (Å²) in [5.74, 6) is 0.127. The third-order valence-corrected chi connectivity index (χ3v) is 2.07. The van der Waals surface area contributed by atoms with Gasteiger partial charge in [-0.05, 0) is 22.0 Å². The van der Waals surface area contributed by atoms with Crippen LogP contribution >= 0.6 is 15.9 Å². The Bertz CT molecular complexity index is 286. The molecule has 0 unspecified atom stereocenters. The summed E-state index contributed by atoms with van der Waals surface area (Å²) in [7, 11) is 0. The van der Waals surface area contributed by atoms with Gasteiger partial charge in [0.05, 0.1) is 10.7 Å². The minimum atomic E-state index is 0.127. The van der Waals surface area contributed by atoms with Crippen molar-refractivity contribution < 1.29 is 10.3 Å². The molecule has 0 heterocycles. The molecule has 0 amide bonds. The highest BCUT2D eigenvalue weighted by atomic mass is 79.9. The van der Waals surface area contributed by atoms with Gasteiger partial charge in [0.1, 0.15) is 5.75 Å². The average molecular weight is 216 g/mol. The molecule has 11 heavy (non-hydrogen) atoms. The summed E-state index contributed by atoms with van der Waals surface area (Å²) in [6, 6.07) is 4.92.